The maximum atomic E-state index is 12.6. The predicted octanol–water partition coefficient (Wildman–Crippen LogP) is 4.58. The van der Waals surface area contributed by atoms with Gasteiger partial charge in [0.15, 0.2) is 5.78 Å². The molecule has 1 amide bonds. The van der Waals surface area contributed by atoms with Crippen molar-refractivity contribution in [3.05, 3.63) is 44.1 Å². The number of thiophene rings is 1. The number of nitrogen functional groups attached to an aromatic ring is 1. The zero-order valence-corrected chi connectivity index (χ0v) is 15.2. The fraction of sp³-hybridized carbons (Fsp3) is 0.294. The number of hydrogen-bond donors (Lipinski definition) is 1. The van der Waals surface area contributed by atoms with Crippen molar-refractivity contribution in [2.45, 2.75) is 25.7 Å². The van der Waals surface area contributed by atoms with Gasteiger partial charge < -0.3 is 10.6 Å². The number of benzene rings is 1. The van der Waals surface area contributed by atoms with E-state index < -0.39 is 0 Å². The predicted molar refractivity (Wildman–Crippen MR) is 99.4 cm³/mol. The van der Waals surface area contributed by atoms with Gasteiger partial charge in [-0.25, -0.2) is 0 Å². The van der Waals surface area contributed by atoms with Crippen LogP contribution in [-0.2, 0) is 11.2 Å². The fourth-order valence-corrected chi connectivity index (χ4v) is 4.43. The summed E-state index contributed by atoms with van der Waals surface area (Å²) in [5.41, 5.74) is 8.97. The van der Waals surface area contributed by atoms with E-state index in [0.29, 0.717) is 26.5 Å². The van der Waals surface area contributed by atoms with Gasteiger partial charge in [-0.1, -0.05) is 29.3 Å². The molecule has 7 heteroatoms. The first-order valence-corrected chi connectivity index (χ1v) is 9.20. The molecule has 3 rings (SSSR count). The Morgan fingerprint density at radius 2 is 2.04 bits per heavy atom. The van der Waals surface area contributed by atoms with Crippen LogP contribution in [0.25, 0.3) is 0 Å². The maximum absolute atomic E-state index is 12.6. The van der Waals surface area contributed by atoms with Gasteiger partial charge in [0, 0.05) is 36.3 Å². The molecule has 4 nitrogen and oxygen atoms in total. The molecule has 0 aliphatic carbocycles. The highest BCUT2D eigenvalue weighted by Crippen LogP contribution is 2.33. The third-order valence-corrected chi connectivity index (χ3v) is 5.60. The lowest BCUT2D eigenvalue weighted by molar-refractivity contribution is -0.118. The van der Waals surface area contributed by atoms with Gasteiger partial charge in [-0.2, -0.15) is 0 Å². The van der Waals surface area contributed by atoms with E-state index in [4.69, 9.17) is 28.9 Å². The Morgan fingerprint density at radius 3 is 2.75 bits per heavy atom. The smallest absolute Gasteiger partial charge is 0.227 e. The number of carbonyl (C=O) groups is 2. The molecule has 0 saturated heterocycles. The highest BCUT2D eigenvalue weighted by molar-refractivity contribution is 7.20. The second-order valence-electron chi connectivity index (χ2n) is 5.65. The molecule has 0 saturated carbocycles. The quantitative estimate of drug-likeness (QED) is 0.621. The van der Waals surface area contributed by atoms with E-state index in [-0.39, 0.29) is 24.5 Å². The molecule has 2 N–H and O–H groups in total. The van der Waals surface area contributed by atoms with Crippen LogP contribution >= 0.6 is 34.5 Å². The highest BCUT2D eigenvalue weighted by atomic mass is 35.5. The van der Waals surface area contributed by atoms with E-state index in [1.165, 1.54) is 0 Å². The van der Waals surface area contributed by atoms with Crippen LogP contribution in [0, 0.1) is 0 Å². The second-order valence-corrected chi connectivity index (χ2v) is 7.94. The number of nitrogens with two attached hydrogens (primary N) is 1. The molecular formula is C17H16Cl2N2O2S. The Labute approximate surface area is 154 Å². The van der Waals surface area contributed by atoms with E-state index in [1.54, 1.807) is 11.0 Å². The summed E-state index contributed by atoms with van der Waals surface area (Å²) in [5, 5.41) is 0. The maximum Gasteiger partial charge on any atom is 0.227 e. The molecule has 1 aliphatic heterocycles. The summed E-state index contributed by atoms with van der Waals surface area (Å²) >= 11 is 13.0. The number of halogens is 2. The molecule has 126 valence electrons. The number of ketones is 1. The van der Waals surface area contributed by atoms with E-state index in [0.717, 1.165) is 35.4 Å². The summed E-state index contributed by atoms with van der Waals surface area (Å²) in [6, 6.07) is 7.15. The number of amides is 1. The number of rotatable bonds is 4. The SMILES string of the molecule is Nc1cccc2c1CCCN2C(=O)CCC(=O)c1cc(Cl)sc1Cl. The first kappa shape index (κ1) is 17.3. The minimum absolute atomic E-state index is 0.0765. The zero-order valence-electron chi connectivity index (χ0n) is 12.9. The minimum Gasteiger partial charge on any atom is -0.398 e. The average molecular weight is 383 g/mol. The molecule has 1 aromatic heterocycles. The van der Waals surface area contributed by atoms with Crippen molar-refractivity contribution < 1.29 is 9.59 Å². The van der Waals surface area contributed by atoms with E-state index in [1.807, 2.05) is 18.2 Å². The zero-order chi connectivity index (χ0) is 17.3. The van der Waals surface area contributed by atoms with Crippen molar-refractivity contribution >= 4 is 57.6 Å². The van der Waals surface area contributed by atoms with Crippen LogP contribution in [-0.4, -0.2) is 18.2 Å². The molecule has 0 bridgehead atoms. The van der Waals surface area contributed by atoms with Gasteiger partial charge in [-0.05, 0) is 36.6 Å². The topological polar surface area (TPSA) is 63.4 Å². The molecule has 0 spiro atoms. The Morgan fingerprint density at radius 1 is 1.25 bits per heavy atom. The summed E-state index contributed by atoms with van der Waals surface area (Å²) in [6.45, 7) is 0.647. The molecule has 24 heavy (non-hydrogen) atoms. The summed E-state index contributed by atoms with van der Waals surface area (Å²) in [6.07, 6.45) is 1.98. The number of carbonyl (C=O) groups excluding carboxylic acids is 2. The number of Topliss-reactive ketones (excluding diaryl/α,β-unsaturated/α-hetero) is 1. The third kappa shape index (κ3) is 3.43. The molecule has 2 heterocycles. The summed E-state index contributed by atoms with van der Waals surface area (Å²) < 4.78 is 0.837. The second kappa shape index (κ2) is 7.13. The van der Waals surface area contributed by atoms with Crippen LogP contribution in [0.3, 0.4) is 0 Å². The monoisotopic (exact) mass is 382 g/mol. The van der Waals surface area contributed by atoms with Gasteiger partial charge >= 0.3 is 0 Å². The largest absolute Gasteiger partial charge is 0.398 e. The fourth-order valence-electron chi connectivity index (χ4n) is 2.93. The highest BCUT2D eigenvalue weighted by Gasteiger charge is 2.24. The molecule has 1 aliphatic rings. The van der Waals surface area contributed by atoms with Crippen LogP contribution in [0.15, 0.2) is 24.3 Å². The molecule has 1 aromatic carbocycles. The Kier molecular flexibility index (Phi) is 5.13. The van der Waals surface area contributed by atoms with Gasteiger partial charge in [0.05, 0.1) is 4.34 Å². The minimum atomic E-state index is -0.165. The van der Waals surface area contributed by atoms with Gasteiger partial charge in [0.25, 0.3) is 0 Å². The lowest BCUT2D eigenvalue weighted by Gasteiger charge is -2.30. The number of fused-ring (bicyclic) bond motifs is 1. The van der Waals surface area contributed by atoms with E-state index in [9.17, 15) is 9.59 Å². The van der Waals surface area contributed by atoms with Crippen molar-refractivity contribution in [2.24, 2.45) is 0 Å². The van der Waals surface area contributed by atoms with E-state index >= 15 is 0 Å². The van der Waals surface area contributed by atoms with E-state index in [2.05, 4.69) is 0 Å². The van der Waals surface area contributed by atoms with Crippen LogP contribution < -0.4 is 10.6 Å². The summed E-state index contributed by atoms with van der Waals surface area (Å²) in [5.74, 6) is -0.242. The first-order valence-electron chi connectivity index (χ1n) is 7.63. The van der Waals surface area contributed by atoms with Gasteiger partial charge in [-0.3, -0.25) is 9.59 Å². The van der Waals surface area contributed by atoms with Crippen molar-refractivity contribution in [1.82, 2.24) is 0 Å². The van der Waals surface area contributed by atoms with Crippen LogP contribution in [0.4, 0.5) is 11.4 Å². The normalized spacial score (nSPS) is 13.7. The van der Waals surface area contributed by atoms with Gasteiger partial charge in [0.1, 0.15) is 4.34 Å². The standard InChI is InChI=1S/C17H16Cl2N2O2S/c18-15-9-11(17(19)24-15)14(22)6-7-16(23)21-8-2-3-10-12(20)4-1-5-13(10)21/h1,4-5,9H,2-3,6-8,20H2. The molecule has 2 aromatic rings. The van der Waals surface area contributed by atoms with Crippen molar-refractivity contribution in [2.75, 3.05) is 17.2 Å². The third-order valence-electron chi connectivity index (χ3n) is 4.11. The van der Waals surface area contributed by atoms with Crippen LogP contribution in [0.2, 0.25) is 8.67 Å². The number of anilines is 2. The Bertz CT molecular complexity index is 804. The summed E-state index contributed by atoms with van der Waals surface area (Å²) in [7, 11) is 0. The molecule has 0 atom stereocenters. The first-order chi connectivity index (χ1) is 11.5. The lowest BCUT2D eigenvalue weighted by atomic mass is 9.99. The van der Waals surface area contributed by atoms with Crippen molar-refractivity contribution in [3.8, 4) is 0 Å². The Hall–Kier alpha value is -1.56. The average Bonchev–Trinajstić information content (AvgIpc) is 2.91. The van der Waals surface area contributed by atoms with Crippen molar-refractivity contribution in [3.63, 3.8) is 0 Å². The van der Waals surface area contributed by atoms with Gasteiger partial charge in [-0.15, -0.1) is 11.3 Å². The lowest BCUT2D eigenvalue weighted by Crippen LogP contribution is -2.35. The van der Waals surface area contributed by atoms with Crippen LogP contribution in [0.1, 0.15) is 35.2 Å². The summed E-state index contributed by atoms with van der Waals surface area (Å²) in [4.78, 5) is 26.5. The molecule has 0 fully saturated rings. The Balaban J connectivity index is 1.70. The molecule has 0 unspecified atom stereocenters. The van der Waals surface area contributed by atoms with Crippen molar-refractivity contribution in [1.29, 1.82) is 0 Å². The molecule has 0 radical (unpaired) electrons. The van der Waals surface area contributed by atoms with Crippen LogP contribution in [0.5, 0.6) is 0 Å². The molecular weight excluding hydrogens is 367 g/mol. The number of hydrogen-bond acceptors (Lipinski definition) is 4. The number of nitrogens with zero attached hydrogens (tertiary/aromatic N) is 1. The van der Waals surface area contributed by atoms with Gasteiger partial charge in [0.2, 0.25) is 5.91 Å².